The molecule has 2 nitrogen and oxygen atoms in total. The van der Waals surface area contributed by atoms with Crippen molar-refractivity contribution in [2.75, 3.05) is 0 Å². The molecule has 0 aromatic carbocycles. The van der Waals surface area contributed by atoms with E-state index >= 15 is 0 Å². The lowest BCUT2D eigenvalue weighted by atomic mass is 10.4. The van der Waals surface area contributed by atoms with Crippen LogP contribution in [0.15, 0.2) is 16.5 Å². The zero-order valence-electron chi connectivity index (χ0n) is 4.63. The molecule has 48 valence electrons. The molecule has 0 amide bonds. The molecule has 0 saturated carbocycles. The highest BCUT2D eigenvalue weighted by molar-refractivity contribution is 5.70. The first kappa shape index (κ1) is 6.01. The van der Waals surface area contributed by atoms with Gasteiger partial charge in [-0.05, 0) is 12.1 Å². The van der Waals surface area contributed by atoms with Crippen molar-refractivity contribution in [2.24, 2.45) is 0 Å². The second kappa shape index (κ2) is 2.44. The third-order valence-electron chi connectivity index (χ3n) is 0.930. The van der Waals surface area contributed by atoms with Crippen LogP contribution in [0.2, 0.25) is 0 Å². The summed E-state index contributed by atoms with van der Waals surface area (Å²) < 4.78 is 16.3. The lowest BCUT2D eigenvalue weighted by Gasteiger charge is -1.80. The molecule has 0 saturated heterocycles. The SMILES string of the molecule is O=Cc1ccc(CF)o1. The number of rotatable bonds is 2. The van der Waals surface area contributed by atoms with Gasteiger partial charge in [0.2, 0.25) is 0 Å². The Bertz CT molecular complexity index is 205. The van der Waals surface area contributed by atoms with Gasteiger partial charge in [-0.2, -0.15) is 0 Å². The number of hydrogen-bond donors (Lipinski definition) is 0. The maximum atomic E-state index is 11.7. The van der Waals surface area contributed by atoms with Crippen LogP contribution in [0.4, 0.5) is 4.39 Å². The Balaban J connectivity index is 2.86. The van der Waals surface area contributed by atoms with Gasteiger partial charge in [0.05, 0.1) is 0 Å². The fraction of sp³-hybridized carbons (Fsp3) is 0.167. The molecule has 0 aliphatic rings. The number of alkyl halides is 1. The van der Waals surface area contributed by atoms with E-state index in [4.69, 9.17) is 0 Å². The molecule has 0 fully saturated rings. The summed E-state index contributed by atoms with van der Waals surface area (Å²) in [6.07, 6.45) is 0.541. The summed E-state index contributed by atoms with van der Waals surface area (Å²) in [5, 5.41) is 0. The maximum absolute atomic E-state index is 11.7. The highest BCUT2D eigenvalue weighted by Gasteiger charge is 1.97. The van der Waals surface area contributed by atoms with Crippen LogP contribution in [0.25, 0.3) is 0 Å². The first-order chi connectivity index (χ1) is 4.36. The van der Waals surface area contributed by atoms with Crippen molar-refractivity contribution in [3.8, 4) is 0 Å². The first-order valence-electron chi connectivity index (χ1n) is 2.46. The molecule has 0 bridgehead atoms. The Labute approximate surface area is 51.3 Å². The number of furan rings is 1. The van der Waals surface area contributed by atoms with Crippen molar-refractivity contribution in [3.05, 3.63) is 23.7 Å². The zero-order valence-corrected chi connectivity index (χ0v) is 4.63. The van der Waals surface area contributed by atoms with Gasteiger partial charge in [-0.25, -0.2) is 4.39 Å². The summed E-state index contributed by atoms with van der Waals surface area (Å²) >= 11 is 0. The minimum atomic E-state index is -0.659. The highest BCUT2D eigenvalue weighted by atomic mass is 19.1. The van der Waals surface area contributed by atoms with Crippen molar-refractivity contribution in [1.29, 1.82) is 0 Å². The molecular formula is C6H5FO2. The van der Waals surface area contributed by atoms with Gasteiger partial charge in [-0.15, -0.1) is 0 Å². The third-order valence-corrected chi connectivity index (χ3v) is 0.930. The van der Waals surface area contributed by atoms with Crippen LogP contribution in [-0.2, 0) is 6.67 Å². The van der Waals surface area contributed by atoms with Crippen LogP contribution in [0.5, 0.6) is 0 Å². The summed E-state index contributed by atoms with van der Waals surface area (Å²) in [4.78, 5) is 9.92. The lowest BCUT2D eigenvalue weighted by molar-refractivity contribution is 0.109. The van der Waals surface area contributed by atoms with Gasteiger partial charge in [0, 0.05) is 0 Å². The van der Waals surface area contributed by atoms with Crippen LogP contribution in [0.3, 0.4) is 0 Å². The predicted molar refractivity (Wildman–Crippen MR) is 28.9 cm³/mol. The molecule has 1 aromatic rings. The fourth-order valence-corrected chi connectivity index (χ4v) is 0.530. The number of carbonyl (C=O) groups excluding carboxylic acids is 1. The number of carbonyl (C=O) groups is 1. The molecule has 3 heteroatoms. The normalized spacial score (nSPS) is 9.44. The topological polar surface area (TPSA) is 30.2 Å². The molecular weight excluding hydrogens is 123 g/mol. The second-order valence-corrected chi connectivity index (χ2v) is 1.56. The van der Waals surface area contributed by atoms with Crippen LogP contribution in [0.1, 0.15) is 16.3 Å². The van der Waals surface area contributed by atoms with E-state index in [0.717, 1.165) is 0 Å². The fourth-order valence-electron chi connectivity index (χ4n) is 0.530. The van der Waals surface area contributed by atoms with Crippen LogP contribution < -0.4 is 0 Å². The summed E-state index contributed by atoms with van der Waals surface area (Å²) in [6, 6.07) is 2.87. The molecule has 0 atom stereocenters. The quantitative estimate of drug-likeness (QED) is 0.566. The predicted octanol–water partition coefficient (Wildman–Crippen LogP) is 1.56. The summed E-state index contributed by atoms with van der Waals surface area (Å²) in [5.41, 5.74) is 0. The van der Waals surface area contributed by atoms with Gasteiger partial charge in [0.15, 0.2) is 12.0 Å². The molecule has 0 radical (unpaired) electrons. The molecule has 0 spiro atoms. The smallest absolute Gasteiger partial charge is 0.185 e. The van der Waals surface area contributed by atoms with Crippen molar-refractivity contribution in [1.82, 2.24) is 0 Å². The van der Waals surface area contributed by atoms with Crippen molar-refractivity contribution in [3.63, 3.8) is 0 Å². The molecule has 0 aliphatic carbocycles. The Hall–Kier alpha value is -1.12. The second-order valence-electron chi connectivity index (χ2n) is 1.56. The van der Waals surface area contributed by atoms with Crippen LogP contribution in [0, 0.1) is 0 Å². The van der Waals surface area contributed by atoms with Crippen LogP contribution in [-0.4, -0.2) is 6.29 Å². The van der Waals surface area contributed by atoms with Gasteiger partial charge in [0.1, 0.15) is 12.4 Å². The largest absolute Gasteiger partial charge is 0.455 e. The lowest BCUT2D eigenvalue weighted by Crippen LogP contribution is -1.70. The number of hydrogen-bond acceptors (Lipinski definition) is 2. The summed E-state index contributed by atoms with van der Waals surface area (Å²) in [6.45, 7) is -0.659. The van der Waals surface area contributed by atoms with E-state index in [1.165, 1.54) is 12.1 Å². The summed E-state index contributed by atoms with van der Waals surface area (Å²) in [7, 11) is 0. The molecule has 0 N–H and O–H groups in total. The van der Waals surface area contributed by atoms with Crippen molar-refractivity contribution in [2.45, 2.75) is 6.67 Å². The number of halogens is 1. The Morgan fingerprint density at radius 3 is 2.78 bits per heavy atom. The Morgan fingerprint density at radius 1 is 1.67 bits per heavy atom. The average Bonchev–Trinajstić information content (AvgIpc) is 2.34. The standard InChI is InChI=1S/C6H5FO2/c7-3-5-1-2-6(4-8)9-5/h1-2,4H,3H2. The van der Waals surface area contributed by atoms with E-state index < -0.39 is 6.67 Å². The van der Waals surface area contributed by atoms with Crippen molar-refractivity contribution >= 4 is 6.29 Å². The summed E-state index contributed by atoms with van der Waals surface area (Å²) in [5.74, 6) is 0.361. The van der Waals surface area contributed by atoms with E-state index in [1.54, 1.807) is 0 Å². The van der Waals surface area contributed by atoms with Gasteiger partial charge in [-0.1, -0.05) is 0 Å². The van der Waals surface area contributed by atoms with Gasteiger partial charge in [-0.3, -0.25) is 4.79 Å². The van der Waals surface area contributed by atoms with Gasteiger partial charge < -0.3 is 4.42 Å². The van der Waals surface area contributed by atoms with E-state index in [9.17, 15) is 9.18 Å². The van der Waals surface area contributed by atoms with Crippen LogP contribution >= 0.6 is 0 Å². The Kier molecular flexibility index (Phi) is 1.63. The molecule has 1 aromatic heterocycles. The molecule has 1 heterocycles. The molecule has 0 aliphatic heterocycles. The molecule has 1 rings (SSSR count). The van der Waals surface area contributed by atoms with Gasteiger partial charge in [0.25, 0.3) is 0 Å². The van der Waals surface area contributed by atoms with E-state index in [0.29, 0.717) is 6.29 Å². The van der Waals surface area contributed by atoms with Crippen molar-refractivity contribution < 1.29 is 13.6 Å². The number of aldehydes is 1. The minimum absolute atomic E-state index is 0.169. The molecule has 0 unspecified atom stereocenters. The van der Waals surface area contributed by atoms with E-state index in [2.05, 4.69) is 4.42 Å². The van der Waals surface area contributed by atoms with E-state index in [-0.39, 0.29) is 11.5 Å². The zero-order chi connectivity index (χ0) is 6.69. The monoisotopic (exact) mass is 128 g/mol. The molecule has 9 heavy (non-hydrogen) atoms. The average molecular weight is 128 g/mol. The minimum Gasteiger partial charge on any atom is -0.455 e. The Morgan fingerprint density at radius 2 is 2.44 bits per heavy atom. The van der Waals surface area contributed by atoms with Gasteiger partial charge >= 0.3 is 0 Å². The van der Waals surface area contributed by atoms with E-state index in [1.807, 2.05) is 0 Å². The third kappa shape index (κ3) is 1.16. The maximum Gasteiger partial charge on any atom is 0.185 e. The highest BCUT2D eigenvalue weighted by Crippen LogP contribution is 2.05. The first-order valence-corrected chi connectivity index (χ1v) is 2.46.